The van der Waals surface area contributed by atoms with Crippen molar-refractivity contribution in [3.05, 3.63) is 28.8 Å². The lowest BCUT2D eigenvalue weighted by molar-refractivity contribution is 0.481. The maximum atomic E-state index is 11.9. The van der Waals surface area contributed by atoms with Crippen LogP contribution < -0.4 is 0 Å². The molecule has 0 radical (unpaired) electrons. The molecule has 1 rings (SSSR count). The van der Waals surface area contributed by atoms with Gasteiger partial charge in [-0.3, -0.25) is 4.55 Å². The van der Waals surface area contributed by atoms with Gasteiger partial charge in [0.2, 0.25) is 0 Å². The highest BCUT2D eigenvalue weighted by atomic mass is 32.2. The van der Waals surface area contributed by atoms with Crippen LogP contribution in [0.3, 0.4) is 0 Å². The predicted octanol–water partition coefficient (Wildman–Crippen LogP) is 6.13. The fourth-order valence-corrected chi connectivity index (χ4v) is 4.23. The molecule has 0 spiro atoms. The Morgan fingerprint density at radius 1 is 0.720 bits per heavy atom. The second kappa shape index (κ2) is 11.7. The van der Waals surface area contributed by atoms with E-state index in [9.17, 15) is 13.0 Å². The molecule has 0 heterocycles. The highest BCUT2D eigenvalue weighted by molar-refractivity contribution is 7.85. The van der Waals surface area contributed by atoms with E-state index < -0.39 is 10.1 Å². The summed E-state index contributed by atoms with van der Waals surface area (Å²) in [5, 5.41) is 0. The van der Waals surface area contributed by atoms with Crippen LogP contribution >= 0.6 is 0 Å². The maximum absolute atomic E-state index is 11.9. The Morgan fingerprint density at radius 2 is 1.20 bits per heavy atom. The normalized spacial score (nSPS) is 11.8. The molecule has 4 heteroatoms. The Morgan fingerprint density at radius 3 is 1.68 bits per heavy atom. The van der Waals surface area contributed by atoms with Crippen molar-refractivity contribution in [1.29, 1.82) is 0 Å². The summed E-state index contributed by atoms with van der Waals surface area (Å²) in [5.41, 5.74) is 3.35. The lowest BCUT2D eigenvalue weighted by Crippen LogP contribution is -2.10. The highest BCUT2D eigenvalue weighted by Crippen LogP contribution is 2.28. The van der Waals surface area contributed by atoms with Gasteiger partial charge in [-0.25, -0.2) is 0 Å². The van der Waals surface area contributed by atoms with Crippen molar-refractivity contribution in [1.82, 2.24) is 0 Å². The molecular formula is C21H36O3S. The van der Waals surface area contributed by atoms with Gasteiger partial charge >= 0.3 is 0 Å². The highest BCUT2D eigenvalue weighted by Gasteiger charge is 2.20. The summed E-state index contributed by atoms with van der Waals surface area (Å²) < 4.78 is 33.5. The van der Waals surface area contributed by atoms with Gasteiger partial charge in [-0.1, -0.05) is 65.4 Å². The first-order valence-electron chi connectivity index (χ1n) is 10.1. The van der Waals surface area contributed by atoms with Gasteiger partial charge in [-0.05, 0) is 61.3 Å². The Bertz CT molecular complexity index is 606. The largest absolute Gasteiger partial charge is 0.294 e. The molecule has 0 aliphatic rings. The smallest absolute Gasteiger partial charge is 0.282 e. The average molecular weight is 369 g/mol. The van der Waals surface area contributed by atoms with Gasteiger partial charge in [0, 0.05) is 0 Å². The Hall–Kier alpha value is -0.870. The topological polar surface area (TPSA) is 54.4 Å². The van der Waals surface area contributed by atoms with E-state index >= 15 is 0 Å². The average Bonchev–Trinajstić information content (AvgIpc) is 2.56. The van der Waals surface area contributed by atoms with E-state index in [1.807, 2.05) is 6.07 Å². The van der Waals surface area contributed by atoms with Crippen molar-refractivity contribution in [2.24, 2.45) is 0 Å². The van der Waals surface area contributed by atoms with Crippen LogP contribution in [0.2, 0.25) is 0 Å². The monoisotopic (exact) mass is 368 g/mol. The number of benzene rings is 1. The van der Waals surface area contributed by atoms with Crippen LogP contribution in [0.1, 0.15) is 95.2 Å². The fraction of sp³-hybridized carbons (Fsp3) is 0.714. The van der Waals surface area contributed by atoms with Crippen LogP contribution in [0.15, 0.2) is 17.0 Å². The van der Waals surface area contributed by atoms with Gasteiger partial charge in [0.05, 0.1) is 4.90 Å². The number of rotatable bonds is 13. The molecule has 1 aromatic rings. The molecule has 0 saturated heterocycles. The van der Waals surface area contributed by atoms with Crippen molar-refractivity contribution < 1.29 is 13.0 Å². The van der Waals surface area contributed by atoms with Gasteiger partial charge in [0.15, 0.2) is 0 Å². The molecule has 3 nitrogen and oxygen atoms in total. The Balaban J connectivity index is 3.25. The van der Waals surface area contributed by atoms with E-state index in [2.05, 4.69) is 20.8 Å². The van der Waals surface area contributed by atoms with E-state index in [0.29, 0.717) is 0 Å². The van der Waals surface area contributed by atoms with E-state index in [4.69, 9.17) is 0 Å². The molecule has 0 bridgehead atoms. The lowest BCUT2D eigenvalue weighted by atomic mass is 9.90. The second-order valence-electron chi connectivity index (χ2n) is 7.03. The van der Waals surface area contributed by atoms with Crippen LogP contribution in [0.25, 0.3) is 0 Å². The van der Waals surface area contributed by atoms with Crippen molar-refractivity contribution in [3.8, 4) is 0 Å². The van der Waals surface area contributed by atoms with Gasteiger partial charge in [-0.15, -0.1) is 0 Å². The van der Waals surface area contributed by atoms with Crippen molar-refractivity contribution in [3.63, 3.8) is 0 Å². The van der Waals surface area contributed by atoms with Crippen LogP contribution in [0.4, 0.5) is 0 Å². The third-order valence-electron chi connectivity index (χ3n) is 4.87. The first kappa shape index (κ1) is 22.2. The standard InChI is InChI=1S/C21H36O3S/c1-4-7-10-13-18-16-17-21(25(22,23)24)20(15-12-9-6-3)19(18)14-11-8-5-2/h16-17H,4-15H2,1-3H3,(H,22,23,24). The molecular weight excluding hydrogens is 332 g/mol. The van der Waals surface area contributed by atoms with E-state index in [-0.39, 0.29) is 4.90 Å². The molecule has 1 N–H and O–H groups in total. The molecule has 0 saturated carbocycles. The molecule has 0 aliphatic carbocycles. The van der Waals surface area contributed by atoms with Crippen LogP contribution in [0.5, 0.6) is 0 Å². The molecule has 0 aliphatic heterocycles. The lowest BCUT2D eigenvalue weighted by Gasteiger charge is -2.18. The molecule has 0 unspecified atom stereocenters. The number of aryl methyl sites for hydroxylation is 1. The summed E-state index contributed by atoms with van der Waals surface area (Å²) in [6.07, 6.45) is 12.7. The first-order valence-corrected chi connectivity index (χ1v) is 11.5. The number of unbranched alkanes of at least 4 members (excludes halogenated alkanes) is 6. The fourth-order valence-electron chi connectivity index (χ4n) is 3.45. The molecule has 1 aromatic carbocycles. The van der Waals surface area contributed by atoms with E-state index in [0.717, 1.165) is 69.8 Å². The van der Waals surface area contributed by atoms with Crippen molar-refractivity contribution in [2.75, 3.05) is 0 Å². The van der Waals surface area contributed by atoms with Gasteiger partial charge in [0.1, 0.15) is 0 Å². The van der Waals surface area contributed by atoms with Gasteiger partial charge in [0.25, 0.3) is 10.1 Å². The van der Waals surface area contributed by atoms with Gasteiger partial charge < -0.3 is 0 Å². The predicted molar refractivity (Wildman–Crippen MR) is 106 cm³/mol. The third-order valence-corrected chi connectivity index (χ3v) is 5.81. The summed E-state index contributed by atoms with van der Waals surface area (Å²) >= 11 is 0. The summed E-state index contributed by atoms with van der Waals surface area (Å²) in [6.45, 7) is 6.52. The first-order chi connectivity index (χ1) is 12.0. The quantitative estimate of drug-likeness (QED) is 0.336. The summed E-state index contributed by atoms with van der Waals surface area (Å²) in [7, 11) is -4.17. The van der Waals surface area contributed by atoms with Crippen LogP contribution in [0, 0.1) is 0 Å². The third kappa shape index (κ3) is 7.49. The Labute approximate surface area is 155 Å². The zero-order chi connectivity index (χ0) is 18.7. The van der Waals surface area contributed by atoms with Crippen LogP contribution in [-0.4, -0.2) is 13.0 Å². The molecule has 144 valence electrons. The van der Waals surface area contributed by atoms with E-state index in [1.165, 1.54) is 24.0 Å². The minimum absolute atomic E-state index is 0.134. The maximum Gasteiger partial charge on any atom is 0.294 e. The number of hydrogen-bond donors (Lipinski definition) is 1. The van der Waals surface area contributed by atoms with Crippen molar-refractivity contribution >= 4 is 10.1 Å². The minimum Gasteiger partial charge on any atom is -0.282 e. The van der Waals surface area contributed by atoms with Gasteiger partial charge in [-0.2, -0.15) is 8.42 Å². The van der Waals surface area contributed by atoms with Crippen LogP contribution in [-0.2, 0) is 29.4 Å². The summed E-state index contributed by atoms with van der Waals surface area (Å²) in [6, 6.07) is 3.56. The van der Waals surface area contributed by atoms with E-state index in [1.54, 1.807) is 6.07 Å². The Kier molecular flexibility index (Phi) is 10.4. The second-order valence-corrected chi connectivity index (χ2v) is 8.42. The SMILES string of the molecule is CCCCCc1ccc(S(=O)(=O)O)c(CCCCC)c1CCCCC. The number of hydrogen-bond acceptors (Lipinski definition) is 2. The zero-order valence-electron chi connectivity index (χ0n) is 16.3. The molecule has 0 atom stereocenters. The summed E-state index contributed by atoms with van der Waals surface area (Å²) in [4.78, 5) is 0.134. The molecule has 0 amide bonds. The summed E-state index contributed by atoms with van der Waals surface area (Å²) in [5.74, 6) is 0. The zero-order valence-corrected chi connectivity index (χ0v) is 17.1. The minimum atomic E-state index is -4.17. The molecule has 25 heavy (non-hydrogen) atoms. The molecule has 0 fully saturated rings. The molecule has 0 aromatic heterocycles. The van der Waals surface area contributed by atoms with Crippen molar-refractivity contribution in [2.45, 2.75) is 103 Å².